The van der Waals surface area contributed by atoms with Gasteiger partial charge >= 0.3 is 0 Å². The van der Waals surface area contributed by atoms with Crippen molar-refractivity contribution < 1.29 is 19.8 Å². The molecule has 2 aromatic rings. The lowest BCUT2D eigenvalue weighted by Crippen LogP contribution is -2.68. The van der Waals surface area contributed by atoms with E-state index in [1.807, 2.05) is 30.3 Å². The molecule has 5 atom stereocenters. The van der Waals surface area contributed by atoms with Crippen LogP contribution in [0, 0.1) is 21.3 Å². The van der Waals surface area contributed by atoms with Gasteiger partial charge in [0.05, 0.1) is 11.2 Å². The van der Waals surface area contributed by atoms with Gasteiger partial charge < -0.3 is 21.3 Å². The van der Waals surface area contributed by atoms with Crippen molar-refractivity contribution in [3.05, 3.63) is 62.2 Å². The van der Waals surface area contributed by atoms with E-state index in [2.05, 4.69) is 27.9 Å². The fourth-order valence-electron chi connectivity index (χ4n) is 8.36. The molecule has 5 N–H and O–H groups in total. The first-order chi connectivity index (χ1) is 18.2. The van der Waals surface area contributed by atoms with Crippen LogP contribution in [0.1, 0.15) is 96.1 Å². The molecule has 2 unspecified atom stereocenters. The van der Waals surface area contributed by atoms with Crippen molar-refractivity contribution in [2.45, 2.75) is 87.7 Å². The Bertz CT molecular complexity index is 1280. The Morgan fingerprint density at radius 3 is 2.61 bits per heavy atom. The van der Waals surface area contributed by atoms with Crippen LogP contribution in [0.5, 0.6) is 5.75 Å². The van der Waals surface area contributed by atoms with Crippen LogP contribution >= 0.6 is 22.6 Å². The molecule has 4 aliphatic carbocycles. The minimum atomic E-state index is -0.986. The second kappa shape index (κ2) is 9.81. The van der Waals surface area contributed by atoms with Crippen molar-refractivity contribution >= 4 is 34.4 Å². The van der Waals surface area contributed by atoms with Gasteiger partial charge in [0.1, 0.15) is 5.75 Å². The van der Waals surface area contributed by atoms with E-state index < -0.39 is 16.9 Å². The van der Waals surface area contributed by atoms with Gasteiger partial charge in [0, 0.05) is 26.2 Å². The highest BCUT2D eigenvalue weighted by molar-refractivity contribution is 14.1. The number of amides is 2. The third kappa shape index (κ3) is 4.15. The number of carbonyl (C=O) groups excluding carboxylic acids is 2. The fraction of sp³-hybridized carbons (Fsp3) is 0.548. The summed E-state index contributed by atoms with van der Waals surface area (Å²) in [5, 5.41) is 27.3. The number of phenols is 1. The van der Waals surface area contributed by atoms with E-state index in [9.17, 15) is 19.8 Å². The van der Waals surface area contributed by atoms with Crippen molar-refractivity contribution in [3.63, 3.8) is 0 Å². The average Bonchev–Trinajstić information content (AvgIpc) is 2.84. The van der Waals surface area contributed by atoms with E-state index in [0.717, 1.165) is 34.3 Å². The Balaban J connectivity index is 1.36. The minimum absolute atomic E-state index is 0.0793. The van der Waals surface area contributed by atoms with E-state index >= 15 is 0 Å². The third-order valence-electron chi connectivity index (χ3n) is 10.5. The van der Waals surface area contributed by atoms with Crippen molar-refractivity contribution in [2.75, 3.05) is 0 Å². The number of rotatable bonds is 6. The highest BCUT2D eigenvalue weighted by atomic mass is 127. The van der Waals surface area contributed by atoms with Crippen molar-refractivity contribution in [2.24, 2.45) is 23.5 Å². The zero-order chi connectivity index (χ0) is 26.7. The molecular formula is C31H37IN2O4. The molecule has 0 aromatic heterocycles. The van der Waals surface area contributed by atoms with Gasteiger partial charge in [0.15, 0.2) is 0 Å². The maximum absolute atomic E-state index is 13.2. The molecular weight excluding hydrogens is 591 g/mol. The molecule has 4 aliphatic rings. The normalized spacial score (nSPS) is 32.0. The Kier molecular flexibility index (Phi) is 6.74. The number of benzene rings is 2. The summed E-state index contributed by atoms with van der Waals surface area (Å²) in [5.74, 6) is 0.520. The highest BCUT2D eigenvalue weighted by Gasteiger charge is 2.65. The Labute approximate surface area is 237 Å². The summed E-state index contributed by atoms with van der Waals surface area (Å²) in [6.45, 7) is 0. The van der Waals surface area contributed by atoms with E-state index in [4.69, 9.17) is 5.73 Å². The first-order valence-electron chi connectivity index (χ1n) is 14.2. The maximum Gasteiger partial charge on any atom is 0.252 e. The lowest BCUT2D eigenvalue weighted by molar-refractivity contribution is -0.171. The smallest absolute Gasteiger partial charge is 0.252 e. The zero-order valence-electron chi connectivity index (χ0n) is 21.7. The van der Waals surface area contributed by atoms with Gasteiger partial charge in [-0.25, -0.2) is 0 Å². The topological polar surface area (TPSA) is 113 Å². The monoisotopic (exact) mass is 628 g/mol. The second-order valence-electron chi connectivity index (χ2n) is 12.3. The number of carbonyl (C=O) groups is 2. The molecule has 2 amide bonds. The quantitative estimate of drug-likeness (QED) is 0.329. The number of hydrogen-bond donors (Lipinski definition) is 4. The van der Waals surface area contributed by atoms with Crippen LogP contribution in [0.25, 0.3) is 0 Å². The SMILES string of the molecule is NC(=O)c1ccc2c(c1O)[C@]13CCC(CCC4CCC4)[C@H](C2)[C@]1(O)CCC(NC(=O)c1cccc(I)c1)C3. The van der Waals surface area contributed by atoms with Crippen LogP contribution < -0.4 is 11.1 Å². The standard InChI is InChI=1S/C31H37IN2O4/c32-22-6-2-5-21(15-22)29(37)34-23-12-14-31(38)25-16-20-9-10-24(28(33)36)27(35)26(20)30(31,17-23)13-11-19(25)8-7-18-3-1-4-18/h2,5-6,9-10,15,18-19,23,25,35,38H,1,3-4,7-8,11-14,16-17H2,(H2,33,36)(H,34,37)/t19?,23?,25-,30+,31+/m0/s1. The zero-order valence-corrected chi connectivity index (χ0v) is 23.9. The lowest BCUT2D eigenvalue weighted by Gasteiger charge is -2.64. The molecule has 0 saturated heterocycles. The first kappa shape index (κ1) is 26.1. The molecule has 3 fully saturated rings. The number of aromatic hydroxyl groups is 1. The predicted molar refractivity (Wildman–Crippen MR) is 154 cm³/mol. The molecule has 0 aliphatic heterocycles. The number of aliphatic hydroxyl groups is 1. The Morgan fingerprint density at radius 1 is 1.08 bits per heavy atom. The summed E-state index contributed by atoms with van der Waals surface area (Å²) in [4.78, 5) is 25.4. The van der Waals surface area contributed by atoms with Crippen LogP contribution in [0.15, 0.2) is 36.4 Å². The molecule has 6 nitrogen and oxygen atoms in total. The molecule has 7 heteroatoms. The second-order valence-corrected chi connectivity index (χ2v) is 13.5. The highest BCUT2D eigenvalue weighted by Crippen LogP contribution is 2.64. The lowest BCUT2D eigenvalue weighted by atomic mass is 9.43. The van der Waals surface area contributed by atoms with E-state index in [1.54, 1.807) is 6.07 Å². The summed E-state index contributed by atoms with van der Waals surface area (Å²) >= 11 is 2.21. The third-order valence-corrected chi connectivity index (χ3v) is 11.1. The fourth-order valence-corrected chi connectivity index (χ4v) is 8.91. The van der Waals surface area contributed by atoms with Crippen LogP contribution in [0.3, 0.4) is 0 Å². The van der Waals surface area contributed by atoms with Crippen molar-refractivity contribution in [3.8, 4) is 5.75 Å². The number of hydrogen-bond acceptors (Lipinski definition) is 4. The first-order valence-corrected chi connectivity index (χ1v) is 15.2. The average molecular weight is 629 g/mol. The minimum Gasteiger partial charge on any atom is -0.507 e. The van der Waals surface area contributed by atoms with Gasteiger partial charge in [-0.3, -0.25) is 9.59 Å². The number of nitrogens with one attached hydrogen (secondary N) is 1. The van der Waals surface area contributed by atoms with Crippen molar-refractivity contribution in [1.29, 1.82) is 0 Å². The Hall–Kier alpha value is -2.13. The van der Waals surface area contributed by atoms with Crippen LogP contribution in [0.4, 0.5) is 0 Å². The van der Waals surface area contributed by atoms with Crippen LogP contribution in [-0.4, -0.2) is 33.7 Å². The predicted octanol–water partition coefficient (Wildman–Crippen LogP) is 5.21. The molecule has 0 heterocycles. The van der Waals surface area contributed by atoms with Crippen molar-refractivity contribution in [1.82, 2.24) is 5.32 Å². The largest absolute Gasteiger partial charge is 0.507 e. The van der Waals surface area contributed by atoms with E-state index in [1.165, 1.54) is 25.7 Å². The summed E-state index contributed by atoms with van der Waals surface area (Å²) in [7, 11) is 0. The number of halogens is 1. The number of fused-ring (bicyclic) bond motifs is 1. The van der Waals surface area contributed by atoms with Crippen LogP contribution in [0.2, 0.25) is 0 Å². The van der Waals surface area contributed by atoms with Gasteiger partial charge in [-0.1, -0.05) is 37.8 Å². The molecule has 3 saturated carbocycles. The summed E-state index contributed by atoms with van der Waals surface area (Å²) in [6, 6.07) is 11.0. The Morgan fingerprint density at radius 2 is 1.89 bits per heavy atom. The molecule has 0 radical (unpaired) electrons. The van der Waals surface area contributed by atoms with E-state index in [-0.39, 0.29) is 29.2 Å². The summed E-state index contributed by atoms with van der Waals surface area (Å²) in [5.41, 5.74) is 6.36. The molecule has 202 valence electrons. The van der Waals surface area contributed by atoms with Gasteiger partial charge in [-0.2, -0.15) is 0 Å². The molecule has 38 heavy (non-hydrogen) atoms. The summed E-state index contributed by atoms with van der Waals surface area (Å²) < 4.78 is 1.00. The maximum atomic E-state index is 13.2. The van der Waals surface area contributed by atoms with Gasteiger partial charge in [-0.05, 0) is 115 Å². The van der Waals surface area contributed by atoms with E-state index in [0.29, 0.717) is 42.7 Å². The van der Waals surface area contributed by atoms with Crippen LogP contribution in [-0.2, 0) is 11.8 Å². The van der Waals surface area contributed by atoms with Gasteiger partial charge in [0.2, 0.25) is 0 Å². The molecule has 0 spiro atoms. The molecule has 6 rings (SSSR count). The molecule has 2 bridgehead atoms. The summed E-state index contributed by atoms with van der Waals surface area (Å²) in [6.07, 6.45) is 10.6. The van der Waals surface area contributed by atoms with Gasteiger partial charge in [-0.15, -0.1) is 0 Å². The molecule has 2 aromatic carbocycles. The van der Waals surface area contributed by atoms with Gasteiger partial charge in [0.25, 0.3) is 11.8 Å². The number of primary amides is 1. The number of nitrogens with two attached hydrogens (primary N) is 1.